The highest BCUT2D eigenvalue weighted by Gasteiger charge is 2.13. The minimum Gasteiger partial charge on any atom is -0.388 e. The number of benzene rings is 1. The van der Waals surface area contributed by atoms with Gasteiger partial charge in [0.1, 0.15) is 11.6 Å². The quantitative estimate of drug-likeness (QED) is 0.903. The number of aromatic nitrogens is 1. The van der Waals surface area contributed by atoms with Gasteiger partial charge in [-0.1, -0.05) is 12.1 Å². The molecule has 0 saturated carbocycles. The van der Waals surface area contributed by atoms with E-state index in [9.17, 15) is 13.9 Å². The molecule has 1 aromatic carbocycles. The van der Waals surface area contributed by atoms with Crippen molar-refractivity contribution in [3.63, 3.8) is 0 Å². The van der Waals surface area contributed by atoms with E-state index in [4.69, 9.17) is 0 Å². The van der Waals surface area contributed by atoms with E-state index in [0.717, 1.165) is 17.7 Å². The molecule has 2 rings (SSSR count). The van der Waals surface area contributed by atoms with Gasteiger partial charge in [-0.15, -0.1) is 0 Å². The number of rotatable bonds is 4. The maximum absolute atomic E-state index is 13.4. The molecule has 2 nitrogen and oxygen atoms in total. The van der Waals surface area contributed by atoms with Gasteiger partial charge in [0.05, 0.1) is 6.10 Å². The molecule has 0 fully saturated rings. The molecule has 0 aliphatic carbocycles. The van der Waals surface area contributed by atoms with Crippen molar-refractivity contribution in [2.24, 2.45) is 0 Å². The molecule has 1 unspecified atom stereocenters. The molecule has 94 valence electrons. The molecule has 0 aliphatic heterocycles. The third-order valence-electron chi connectivity index (χ3n) is 2.75. The number of hydrogen-bond acceptors (Lipinski definition) is 2. The van der Waals surface area contributed by atoms with Crippen LogP contribution in [-0.4, -0.2) is 10.1 Å². The van der Waals surface area contributed by atoms with Gasteiger partial charge < -0.3 is 5.11 Å². The van der Waals surface area contributed by atoms with Gasteiger partial charge in [0, 0.05) is 24.0 Å². The molecule has 18 heavy (non-hydrogen) atoms. The van der Waals surface area contributed by atoms with Crippen molar-refractivity contribution in [1.29, 1.82) is 0 Å². The summed E-state index contributed by atoms with van der Waals surface area (Å²) in [6, 6.07) is 6.90. The van der Waals surface area contributed by atoms with Crippen LogP contribution in [0.5, 0.6) is 0 Å². The number of halogens is 2. The predicted molar refractivity (Wildman–Crippen MR) is 63.9 cm³/mol. The average Bonchev–Trinajstić information content (AvgIpc) is 2.37. The van der Waals surface area contributed by atoms with E-state index < -0.39 is 17.7 Å². The number of aliphatic hydroxyl groups is 1. The van der Waals surface area contributed by atoms with Crippen LogP contribution in [0, 0.1) is 11.6 Å². The molecule has 0 saturated heterocycles. The Bertz CT molecular complexity index is 516. The molecule has 0 aliphatic rings. The summed E-state index contributed by atoms with van der Waals surface area (Å²) in [7, 11) is 0. The molecule has 1 aromatic heterocycles. The Kier molecular flexibility index (Phi) is 3.99. The maximum Gasteiger partial charge on any atom is 0.131 e. The normalized spacial score (nSPS) is 12.4. The van der Waals surface area contributed by atoms with E-state index in [1.807, 2.05) is 6.07 Å². The van der Waals surface area contributed by atoms with Crippen LogP contribution in [0.4, 0.5) is 8.78 Å². The molecule has 4 heteroatoms. The Labute approximate surface area is 104 Å². The van der Waals surface area contributed by atoms with Crippen LogP contribution >= 0.6 is 0 Å². The van der Waals surface area contributed by atoms with Crippen molar-refractivity contribution < 1.29 is 13.9 Å². The molecule has 0 amide bonds. The zero-order chi connectivity index (χ0) is 13.0. The summed E-state index contributed by atoms with van der Waals surface area (Å²) in [5, 5.41) is 9.87. The molecule has 0 bridgehead atoms. The molecule has 1 N–H and O–H groups in total. The second-order valence-corrected chi connectivity index (χ2v) is 4.08. The first-order valence-corrected chi connectivity index (χ1v) is 5.69. The lowest BCUT2D eigenvalue weighted by Crippen LogP contribution is -2.03. The molecule has 1 heterocycles. The van der Waals surface area contributed by atoms with Crippen molar-refractivity contribution in [3.8, 4) is 0 Å². The van der Waals surface area contributed by atoms with Gasteiger partial charge in [-0.3, -0.25) is 4.98 Å². The van der Waals surface area contributed by atoms with Gasteiger partial charge in [0.15, 0.2) is 0 Å². The fourth-order valence-electron chi connectivity index (χ4n) is 1.78. The van der Waals surface area contributed by atoms with Gasteiger partial charge in [-0.05, 0) is 30.5 Å². The lowest BCUT2D eigenvalue weighted by molar-refractivity contribution is 0.163. The standard InChI is InChI=1S/C14H13F2NO/c15-11-4-5-12(13(16)8-11)14(18)6-3-10-2-1-7-17-9-10/h1-2,4-5,7-9,14,18H,3,6H2. The summed E-state index contributed by atoms with van der Waals surface area (Å²) in [4.78, 5) is 3.96. The lowest BCUT2D eigenvalue weighted by atomic mass is 10.0. The number of aryl methyl sites for hydroxylation is 1. The van der Waals surface area contributed by atoms with Gasteiger partial charge in [0.2, 0.25) is 0 Å². The van der Waals surface area contributed by atoms with E-state index in [0.29, 0.717) is 12.8 Å². The maximum atomic E-state index is 13.4. The molecular weight excluding hydrogens is 236 g/mol. The minimum atomic E-state index is -0.939. The first-order valence-electron chi connectivity index (χ1n) is 5.69. The first-order chi connectivity index (χ1) is 8.66. The SMILES string of the molecule is OC(CCc1cccnc1)c1ccc(F)cc1F. The lowest BCUT2D eigenvalue weighted by Gasteiger charge is -2.11. The van der Waals surface area contributed by atoms with Gasteiger partial charge in [-0.2, -0.15) is 0 Å². The van der Waals surface area contributed by atoms with E-state index in [-0.39, 0.29) is 5.56 Å². The van der Waals surface area contributed by atoms with Crippen LogP contribution in [0.15, 0.2) is 42.7 Å². The Morgan fingerprint density at radius 3 is 2.72 bits per heavy atom. The summed E-state index contributed by atoms with van der Waals surface area (Å²) in [6.45, 7) is 0. The van der Waals surface area contributed by atoms with Crippen molar-refractivity contribution in [2.45, 2.75) is 18.9 Å². The molecule has 2 aromatic rings. The molecule has 0 spiro atoms. The molecule has 1 atom stereocenters. The Hall–Kier alpha value is -1.81. The summed E-state index contributed by atoms with van der Waals surface area (Å²) in [5.41, 5.74) is 1.10. The van der Waals surface area contributed by atoms with Gasteiger partial charge in [0.25, 0.3) is 0 Å². The van der Waals surface area contributed by atoms with E-state index in [2.05, 4.69) is 4.98 Å². The van der Waals surface area contributed by atoms with Crippen molar-refractivity contribution in [2.75, 3.05) is 0 Å². The van der Waals surface area contributed by atoms with E-state index >= 15 is 0 Å². The second kappa shape index (κ2) is 5.69. The number of nitrogens with zero attached hydrogens (tertiary/aromatic N) is 1. The van der Waals surface area contributed by atoms with Crippen molar-refractivity contribution in [1.82, 2.24) is 4.98 Å². The number of pyridine rings is 1. The van der Waals surface area contributed by atoms with Crippen LogP contribution in [0.25, 0.3) is 0 Å². The van der Waals surface area contributed by atoms with Crippen LogP contribution < -0.4 is 0 Å². The summed E-state index contributed by atoms with van der Waals surface area (Å²) in [6.07, 6.45) is 3.39. The highest BCUT2D eigenvalue weighted by molar-refractivity contribution is 5.21. The Morgan fingerprint density at radius 1 is 1.22 bits per heavy atom. The van der Waals surface area contributed by atoms with Crippen LogP contribution in [0.1, 0.15) is 23.7 Å². The van der Waals surface area contributed by atoms with Gasteiger partial charge >= 0.3 is 0 Å². The average molecular weight is 249 g/mol. The number of aliphatic hydroxyl groups excluding tert-OH is 1. The van der Waals surface area contributed by atoms with Crippen molar-refractivity contribution in [3.05, 3.63) is 65.5 Å². The highest BCUT2D eigenvalue weighted by atomic mass is 19.1. The molecular formula is C14H13F2NO. The second-order valence-electron chi connectivity index (χ2n) is 4.08. The van der Waals surface area contributed by atoms with Crippen LogP contribution in [0.3, 0.4) is 0 Å². The van der Waals surface area contributed by atoms with Crippen LogP contribution in [0.2, 0.25) is 0 Å². The summed E-state index contributed by atoms with van der Waals surface area (Å²) >= 11 is 0. The van der Waals surface area contributed by atoms with E-state index in [1.165, 1.54) is 6.07 Å². The molecule has 0 radical (unpaired) electrons. The fourth-order valence-corrected chi connectivity index (χ4v) is 1.78. The monoisotopic (exact) mass is 249 g/mol. The van der Waals surface area contributed by atoms with Gasteiger partial charge in [-0.25, -0.2) is 8.78 Å². The van der Waals surface area contributed by atoms with Crippen LogP contribution in [-0.2, 0) is 6.42 Å². The fraction of sp³-hybridized carbons (Fsp3) is 0.214. The zero-order valence-electron chi connectivity index (χ0n) is 9.68. The summed E-state index contributed by atoms with van der Waals surface area (Å²) in [5.74, 6) is -1.36. The predicted octanol–water partition coefficient (Wildman–Crippen LogP) is 3.03. The summed E-state index contributed by atoms with van der Waals surface area (Å²) < 4.78 is 26.1. The van der Waals surface area contributed by atoms with E-state index in [1.54, 1.807) is 18.5 Å². The largest absolute Gasteiger partial charge is 0.388 e. The minimum absolute atomic E-state index is 0.125. The van der Waals surface area contributed by atoms with Crippen molar-refractivity contribution >= 4 is 0 Å². The first kappa shape index (κ1) is 12.6. The smallest absolute Gasteiger partial charge is 0.131 e. The topological polar surface area (TPSA) is 33.1 Å². The third-order valence-corrected chi connectivity index (χ3v) is 2.75. The zero-order valence-corrected chi connectivity index (χ0v) is 9.68. The highest BCUT2D eigenvalue weighted by Crippen LogP contribution is 2.22. The number of hydrogen-bond donors (Lipinski definition) is 1. The Morgan fingerprint density at radius 2 is 2.06 bits per heavy atom. The third kappa shape index (κ3) is 3.11. The Balaban J connectivity index is 2.01.